The zero-order valence-electron chi connectivity index (χ0n) is 11.5. The third-order valence-electron chi connectivity index (χ3n) is 2.97. The Bertz CT molecular complexity index is 716. The summed E-state index contributed by atoms with van der Waals surface area (Å²) in [5.41, 5.74) is 0.996. The maximum Gasteiger partial charge on any atom is 0.242 e. The molecule has 2 rings (SSSR count). The van der Waals surface area contributed by atoms with Crippen molar-refractivity contribution < 1.29 is 13.2 Å². The molecular formula is C15H16ClNO3S. The van der Waals surface area contributed by atoms with Crippen molar-refractivity contribution in [3.63, 3.8) is 0 Å². The highest BCUT2D eigenvalue weighted by atomic mass is 35.5. The molecule has 0 saturated heterocycles. The molecule has 0 spiro atoms. The molecule has 4 nitrogen and oxygen atoms in total. The molecule has 0 aliphatic carbocycles. The summed E-state index contributed by atoms with van der Waals surface area (Å²) in [5.74, 6) is 0.751. The highest BCUT2D eigenvalue weighted by Crippen LogP contribution is 2.20. The zero-order valence-corrected chi connectivity index (χ0v) is 13.1. The lowest BCUT2D eigenvalue weighted by molar-refractivity contribution is 0.414. The molecular weight excluding hydrogens is 310 g/mol. The number of ether oxygens (including phenoxy) is 1. The Morgan fingerprint density at radius 3 is 2.62 bits per heavy atom. The number of benzene rings is 2. The minimum Gasteiger partial charge on any atom is -0.497 e. The fourth-order valence-electron chi connectivity index (χ4n) is 1.90. The Kier molecular flexibility index (Phi) is 5.22. The van der Waals surface area contributed by atoms with E-state index in [1.807, 2.05) is 24.3 Å². The minimum atomic E-state index is -3.59. The second-order valence-corrected chi connectivity index (χ2v) is 6.57. The van der Waals surface area contributed by atoms with Gasteiger partial charge in [0.05, 0.1) is 12.1 Å². The molecule has 0 bridgehead atoms. The summed E-state index contributed by atoms with van der Waals surface area (Å²) in [6, 6.07) is 13.9. The van der Waals surface area contributed by atoms with Crippen LogP contribution in [0, 0.1) is 0 Å². The van der Waals surface area contributed by atoms with Crippen LogP contribution in [0.2, 0.25) is 5.02 Å². The highest BCUT2D eigenvalue weighted by molar-refractivity contribution is 7.89. The lowest BCUT2D eigenvalue weighted by Gasteiger charge is -2.08. The van der Waals surface area contributed by atoms with Crippen LogP contribution in [-0.2, 0) is 16.4 Å². The number of sulfonamides is 1. The van der Waals surface area contributed by atoms with Crippen molar-refractivity contribution in [1.29, 1.82) is 0 Å². The van der Waals surface area contributed by atoms with Crippen LogP contribution in [-0.4, -0.2) is 22.1 Å². The van der Waals surface area contributed by atoms with Crippen LogP contribution in [0.15, 0.2) is 53.4 Å². The first kappa shape index (κ1) is 15.8. The molecule has 0 unspecified atom stereocenters. The zero-order chi connectivity index (χ0) is 15.3. The van der Waals surface area contributed by atoms with Crippen molar-refractivity contribution >= 4 is 21.6 Å². The van der Waals surface area contributed by atoms with Crippen molar-refractivity contribution in [3.05, 3.63) is 59.1 Å². The van der Waals surface area contributed by atoms with Crippen LogP contribution in [0.3, 0.4) is 0 Å². The van der Waals surface area contributed by atoms with E-state index in [-0.39, 0.29) is 9.92 Å². The first-order valence-electron chi connectivity index (χ1n) is 6.40. The summed E-state index contributed by atoms with van der Waals surface area (Å²) in [6.07, 6.45) is 0.570. The number of halogens is 1. The van der Waals surface area contributed by atoms with Crippen molar-refractivity contribution in [3.8, 4) is 5.75 Å². The second kappa shape index (κ2) is 6.93. The molecule has 21 heavy (non-hydrogen) atoms. The Morgan fingerprint density at radius 1 is 1.14 bits per heavy atom. The van der Waals surface area contributed by atoms with E-state index < -0.39 is 10.0 Å². The Labute approximate surface area is 129 Å². The first-order chi connectivity index (χ1) is 10.0. The van der Waals surface area contributed by atoms with Crippen LogP contribution >= 0.6 is 11.6 Å². The number of methoxy groups -OCH3 is 1. The van der Waals surface area contributed by atoms with Gasteiger partial charge in [0.15, 0.2) is 0 Å². The van der Waals surface area contributed by atoms with Gasteiger partial charge in [-0.2, -0.15) is 0 Å². The van der Waals surface area contributed by atoms with E-state index in [4.69, 9.17) is 16.3 Å². The molecule has 0 radical (unpaired) electrons. The summed E-state index contributed by atoms with van der Waals surface area (Å²) in [4.78, 5) is 0.0947. The molecule has 0 fully saturated rings. The normalized spacial score (nSPS) is 11.3. The van der Waals surface area contributed by atoms with Gasteiger partial charge in [0.25, 0.3) is 0 Å². The number of hydrogen-bond donors (Lipinski definition) is 1. The average molecular weight is 326 g/mol. The summed E-state index contributed by atoms with van der Waals surface area (Å²) >= 11 is 5.91. The number of nitrogens with one attached hydrogen (secondary N) is 1. The predicted octanol–water partition coefficient (Wildman–Crippen LogP) is 2.87. The fourth-order valence-corrected chi connectivity index (χ4v) is 3.45. The largest absolute Gasteiger partial charge is 0.497 e. The molecule has 0 atom stereocenters. The van der Waals surface area contributed by atoms with E-state index in [9.17, 15) is 8.42 Å². The lowest BCUT2D eigenvalue weighted by Crippen LogP contribution is -2.26. The van der Waals surface area contributed by atoms with E-state index in [1.54, 1.807) is 25.3 Å². The van der Waals surface area contributed by atoms with Crippen LogP contribution in [0.1, 0.15) is 5.56 Å². The monoisotopic (exact) mass is 325 g/mol. The topological polar surface area (TPSA) is 55.4 Å². The SMILES string of the molecule is COc1cccc(CCNS(=O)(=O)c2ccccc2Cl)c1. The van der Waals surface area contributed by atoms with Crippen LogP contribution in [0.5, 0.6) is 5.75 Å². The third kappa shape index (κ3) is 4.20. The average Bonchev–Trinajstić information content (AvgIpc) is 2.47. The summed E-state index contributed by atoms with van der Waals surface area (Å²) in [6.45, 7) is 0.292. The van der Waals surface area contributed by atoms with E-state index in [0.717, 1.165) is 11.3 Å². The molecule has 0 aliphatic heterocycles. The quantitative estimate of drug-likeness (QED) is 0.888. The molecule has 0 heterocycles. The summed E-state index contributed by atoms with van der Waals surface area (Å²) < 4.78 is 32.0. The number of hydrogen-bond acceptors (Lipinski definition) is 3. The molecule has 0 saturated carbocycles. The smallest absolute Gasteiger partial charge is 0.242 e. The van der Waals surface area contributed by atoms with E-state index >= 15 is 0 Å². The Balaban J connectivity index is 2.01. The molecule has 0 aromatic heterocycles. The van der Waals surface area contributed by atoms with Gasteiger partial charge in [0, 0.05) is 6.54 Å². The number of rotatable bonds is 6. The Morgan fingerprint density at radius 2 is 1.90 bits per heavy atom. The van der Waals surface area contributed by atoms with Gasteiger partial charge in [0.2, 0.25) is 10.0 Å². The second-order valence-electron chi connectivity index (χ2n) is 4.43. The van der Waals surface area contributed by atoms with Gasteiger partial charge < -0.3 is 4.74 Å². The molecule has 112 valence electrons. The van der Waals surface area contributed by atoms with Crippen LogP contribution < -0.4 is 9.46 Å². The molecule has 0 amide bonds. The van der Waals surface area contributed by atoms with Crippen molar-refractivity contribution in [2.45, 2.75) is 11.3 Å². The van der Waals surface area contributed by atoms with Crippen molar-refractivity contribution in [1.82, 2.24) is 4.72 Å². The van der Waals surface area contributed by atoms with Crippen molar-refractivity contribution in [2.75, 3.05) is 13.7 Å². The Hall–Kier alpha value is -1.56. The van der Waals surface area contributed by atoms with Gasteiger partial charge in [-0.3, -0.25) is 0 Å². The van der Waals surface area contributed by atoms with Crippen LogP contribution in [0.25, 0.3) is 0 Å². The fraction of sp³-hybridized carbons (Fsp3) is 0.200. The van der Waals surface area contributed by atoms with E-state index in [2.05, 4.69) is 4.72 Å². The molecule has 2 aromatic carbocycles. The standard InChI is InChI=1S/C15H16ClNO3S/c1-20-13-6-4-5-12(11-13)9-10-17-21(18,19)15-8-3-2-7-14(15)16/h2-8,11,17H,9-10H2,1H3. The van der Waals surface area contributed by atoms with Crippen LogP contribution in [0.4, 0.5) is 0 Å². The van der Waals surface area contributed by atoms with Gasteiger partial charge in [-0.15, -0.1) is 0 Å². The van der Waals surface area contributed by atoms with Gasteiger partial charge in [-0.1, -0.05) is 35.9 Å². The third-order valence-corrected chi connectivity index (χ3v) is 4.93. The summed E-state index contributed by atoms with van der Waals surface area (Å²) in [5, 5.41) is 0.214. The predicted molar refractivity (Wildman–Crippen MR) is 83.3 cm³/mol. The van der Waals surface area contributed by atoms with E-state index in [1.165, 1.54) is 6.07 Å². The van der Waals surface area contributed by atoms with Gasteiger partial charge >= 0.3 is 0 Å². The van der Waals surface area contributed by atoms with Crippen molar-refractivity contribution in [2.24, 2.45) is 0 Å². The maximum atomic E-state index is 12.1. The van der Waals surface area contributed by atoms with Gasteiger partial charge in [-0.05, 0) is 36.2 Å². The lowest BCUT2D eigenvalue weighted by atomic mass is 10.1. The molecule has 6 heteroatoms. The maximum absolute atomic E-state index is 12.1. The molecule has 1 N–H and O–H groups in total. The highest BCUT2D eigenvalue weighted by Gasteiger charge is 2.16. The minimum absolute atomic E-state index is 0.0947. The van der Waals surface area contributed by atoms with E-state index in [0.29, 0.717) is 13.0 Å². The molecule has 0 aliphatic rings. The first-order valence-corrected chi connectivity index (χ1v) is 8.26. The summed E-state index contributed by atoms with van der Waals surface area (Å²) in [7, 11) is -1.99. The van der Waals surface area contributed by atoms with Gasteiger partial charge in [-0.25, -0.2) is 13.1 Å². The molecule has 2 aromatic rings. The van der Waals surface area contributed by atoms with Gasteiger partial charge in [0.1, 0.15) is 10.6 Å².